The third kappa shape index (κ3) is 17.7. The summed E-state index contributed by atoms with van der Waals surface area (Å²) in [5, 5.41) is 0. The normalized spacial score (nSPS) is 9.17. The molecule has 0 aliphatic rings. The second kappa shape index (κ2) is 19.8. The van der Waals surface area contributed by atoms with Crippen LogP contribution in [0.2, 0.25) is 0 Å². The maximum atomic E-state index is 11.4. The lowest BCUT2D eigenvalue weighted by Crippen LogP contribution is -2.33. The molecule has 0 aliphatic carbocycles. The number of nitrogens with zero attached hydrogens (tertiary/aromatic N) is 1. The summed E-state index contributed by atoms with van der Waals surface area (Å²) in [5.74, 6) is 7.56. The molecule has 0 spiro atoms. The zero-order chi connectivity index (χ0) is 17.8. The summed E-state index contributed by atoms with van der Waals surface area (Å²) >= 11 is 0. The van der Waals surface area contributed by atoms with Crippen molar-refractivity contribution in [3.05, 3.63) is 0 Å². The highest BCUT2D eigenvalue weighted by atomic mass is 16.6. The topological polar surface area (TPSA) is 160 Å². The lowest BCUT2D eigenvalue weighted by atomic mass is 10.3. The fourth-order valence-corrected chi connectivity index (χ4v) is 1.37. The van der Waals surface area contributed by atoms with Crippen molar-refractivity contribution in [1.82, 2.24) is 4.90 Å². The van der Waals surface area contributed by atoms with E-state index in [0.29, 0.717) is 32.6 Å². The molecule has 134 valence electrons. The first-order valence-electron chi connectivity index (χ1n) is 6.61. The molecule has 0 rings (SSSR count). The summed E-state index contributed by atoms with van der Waals surface area (Å²) in [5.41, 5.74) is 0. The molecule has 0 heterocycles. The number of carbonyl (C=O) groups excluding carboxylic acids is 4. The Labute approximate surface area is 133 Å². The summed E-state index contributed by atoms with van der Waals surface area (Å²) < 4.78 is 18.3. The van der Waals surface area contributed by atoms with Gasteiger partial charge in [0.1, 0.15) is 26.4 Å². The maximum absolute atomic E-state index is 11.4. The van der Waals surface area contributed by atoms with E-state index >= 15 is 0 Å². The van der Waals surface area contributed by atoms with E-state index in [0.717, 1.165) is 0 Å². The molecule has 0 saturated carbocycles. The van der Waals surface area contributed by atoms with Crippen molar-refractivity contribution in [2.24, 2.45) is 11.7 Å². The Kier molecular flexibility index (Phi) is 19.8. The Morgan fingerprint density at radius 3 is 1.74 bits per heavy atom. The predicted octanol–water partition coefficient (Wildman–Crippen LogP) is -2.44. The molecule has 23 heavy (non-hydrogen) atoms. The highest BCUT2D eigenvalue weighted by molar-refractivity contribution is 5.69. The van der Waals surface area contributed by atoms with E-state index in [-0.39, 0.29) is 39.3 Å². The van der Waals surface area contributed by atoms with Crippen LogP contribution >= 0.6 is 0 Å². The van der Waals surface area contributed by atoms with E-state index < -0.39 is 5.97 Å². The molecule has 0 amide bonds. The van der Waals surface area contributed by atoms with Crippen molar-refractivity contribution >= 4 is 25.4 Å². The molecule has 0 saturated heterocycles. The van der Waals surface area contributed by atoms with Crippen molar-refractivity contribution < 1.29 is 38.1 Å². The average molecular weight is 337 g/mol. The van der Waals surface area contributed by atoms with Gasteiger partial charge in [-0.3, -0.25) is 35.8 Å². The second-order valence-corrected chi connectivity index (χ2v) is 3.71. The standard InChI is InChI=1S/C12H19NO8.H4N2/c14-9-18-5-3-13(4-6-19-10-15)2-1-12(17)21-8-7-20-11-16;1-2/h9-11H,1-8H2;1-2H2. The number of rotatable bonds is 15. The Morgan fingerprint density at radius 1 is 0.783 bits per heavy atom. The van der Waals surface area contributed by atoms with Gasteiger partial charge >= 0.3 is 5.97 Å². The molecule has 0 aromatic rings. The minimum absolute atomic E-state index is 0.0000786. The van der Waals surface area contributed by atoms with Crippen LogP contribution in [-0.2, 0) is 38.1 Å². The number of hydrogen-bond acceptors (Lipinski definition) is 11. The first-order chi connectivity index (χ1) is 11.2. The molecule has 0 aromatic carbocycles. The van der Waals surface area contributed by atoms with Gasteiger partial charge < -0.3 is 18.9 Å². The molecule has 0 unspecified atom stereocenters. The SMILES string of the molecule is NN.O=COCCOC(=O)CCN(CCOC=O)CCOC=O. The van der Waals surface area contributed by atoms with Crippen molar-refractivity contribution in [2.75, 3.05) is 46.1 Å². The lowest BCUT2D eigenvalue weighted by Gasteiger charge is -2.20. The van der Waals surface area contributed by atoms with Crippen LogP contribution in [0, 0.1) is 0 Å². The molecule has 4 N–H and O–H groups in total. The van der Waals surface area contributed by atoms with Gasteiger partial charge in [-0.1, -0.05) is 0 Å². The number of hydrogen-bond donors (Lipinski definition) is 2. The molecule has 11 nitrogen and oxygen atoms in total. The van der Waals surface area contributed by atoms with Gasteiger partial charge in [-0.05, 0) is 0 Å². The average Bonchev–Trinajstić information content (AvgIpc) is 2.58. The van der Waals surface area contributed by atoms with Crippen LogP contribution in [0.4, 0.5) is 0 Å². The summed E-state index contributed by atoms with van der Waals surface area (Å²) in [4.78, 5) is 43.2. The van der Waals surface area contributed by atoms with Crippen LogP contribution in [0.3, 0.4) is 0 Å². The molecule has 0 fully saturated rings. The summed E-state index contributed by atoms with van der Waals surface area (Å²) in [6.07, 6.45) is 0.114. The van der Waals surface area contributed by atoms with E-state index in [4.69, 9.17) is 4.74 Å². The summed E-state index contributed by atoms with van der Waals surface area (Å²) in [6.45, 7) is 2.47. The van der Waals surface area contributed by atoms with Gasteiger partial charge in [-0.2, -0.15) is 0 Å². The van der Waals surface area contributed by atoms with Gasteiger partial charge in [0.2, 0.25) is 0 Å². The smallest absolute Gasteiger partial charge is 0.307 e. The Bertz CT molecular complexity index is 303. The van der Waals surface area contributed by atoms with Gasteiger partial charge in [-0.25, -0.2) is 0 Å². The van der Waals surface area contributed by atoms with Gasteiger partial charge in [0, 0.05) is 19.6 Å². The number of carbonyl (C=O) groups is 4. The zero-order valence-corrected chi connectivity index (χ0v) is 12.8. The molecule has 0 atom stereocenters. The Balaban J connectivity index is 0. The minimum atomic E-state index is -0.442. The highest BCUT2D eigenvalue weighted by Crippen LogP contribution is 1.95. The zero-order valence-electron chi connectivity index (χ0n) is 12.8. The Hall–Kier alpha value is -2.24. The van der Waals surface area contributed by atoms with Crippen LogP contribution in [-0.4, -0.2) is 76.3 Å². The van der Waals surface area contributed by atoms with Crippen molar-refractivity contribution in [1.29, 1.82) is 0 Å². The van der Waals surface area contributed by atoms with Crippen LogP contribution in [0.1, 0.15) is 6.42 Å². The minimum Gasteiger partial charge on any atom is -0.467 e. The number of ether oxygens (including phenoxy) is 4. The third-order valence-electron chi connectivity index (χ3n) is 2.35. The third-order valence-corrected chi connectivity index (χ3v) is 2.35. The fraction of sp³-hybridized carbons (Fsp3) is 0.667. The number of nitrogens with two attached hydrogens (primary N) is 2. The van der Waals surface area contributed by atoms with Crippen molar-refractivity contribution in [2.45, 2.75) is 6.42 Å². The van der Waals surface area contributed by atoms with Crippen LogP contribution < -0.4 is 11.7 Å². The quantitative estimate of drug-likeness (QED) is 0.0815. The first kappa shape index (κ1) is 23.0. The monoisotopic (exact) mass is 337 g/mol. The van der Waals surface area contributed by atoms with E-state index in [1.165, 1.54) is 0 Å². The maximum Gasteiger partial charge on any atom is 0.307 e. The van der Waals surface area contributed by atoms with Crippen LogP contribution in [0.15, 0.2) is 0 Å². The van der Waals surface area contributed by atoms with Gasteiger partial charge in [0.25, 0.3) is 19.4 Å². The number of hydrazine groups is 1. The summed E-state index contributed by atoms with van der Waals surface area (Å²) in [7, 11) is 0. The van der Waals surface area contributed by atoms with Gasteiger partial charge in [-0.15, -0.1) is 0 Å². The van der Waals surface area contributed by atoms with E-state index in [2.05, 4.69) is 25.9 Å². The molecular formula is C12H23N3O8. The molecule has 11 heteroatoms. The van der Waals surface area contributed by atoms with Crippen molar-refractivity contribution in [3.63, 3.8) is 0 Å². The fourth-order valence-electron chi connectivity index (χ4n) is 1.37. The predicted molar refractivity (Wildman–Crippen MR) is 76.4 cm³/mol. The molecule has 0 bridgehead atoms. The van der Waals surface area contributed by atoms with Crippen LogP contribution in [0.25, 0.3) is 0 Å². The molecule has 0 aliphatic heterocycles. The largest absolute Gasteiger partial charge is 0.467 e. The number of esters is 1. The van der Waals surface area contributed by atoms with E-state index in [9.17, 15) is 19.2 Å². The van der Waals surface area contributed by atoms with E-state index in [1.807, 2.05) is 0 Å². The highest BCUT2D eigenvalue weighted by Gasteiger charge is 2.09. The van der Waals surface area contributed by atoms with Gasteiger partial charge in [0.15, 0.2) is 0 Å². The summed E-state index contributed by atoms with van der Waals surface area (Å²) in [6, 6.07) is 0. The Morgan fingerprint density at radius 2 is 1.26 bits per heavy atom. The molecular weight excluding hydrogens is 314 g/mol. The van der Waals surface area contributed by atoms with Gasteiger partial charge in [0.05, 0.1) is 6.42 Å². The first-order valence-corrected chi connectivity index (χ1v) is 6.61. The second-order valence-electron chi connectivity index (χ2n) is 3.71. The van der Waals surface area contributed by atoms with E-state index in [1.54, 1.807) is 4.90 Å². The lowest BCUT2D eigenvalue weighted by molar-refractivity contribution is -0.147. The van der Waals surface area contributed by atoms with Crippen molar-refractivity contribution in [3.8, 4) is 0 Å². The molecule has 0 aromatic heterocycles. The van der Waals surface area contributed by atoms with Crippen LogP contribution in [0.5, 0.6) is 0 Å². The molecule has 0 radical (unpaired) electrons.